The van der Waals surface area contributed by atoms with E-state index in [2.05, 4.69) is 10.3 Å². The number of aromatic nitrogens is 1. The topological polar surface area (TPSA) is 42.0 Å². The molecule has 2 heterocycles. The highest BCUT2D eigenvalue weighted by molar-refractivity contribution is 7.08. The summed E-state index contributed by atoms with van der Waals surface area (Å²) >= 11 is 1.63. The predicted molar refractivity (Wildman–Crippen MR) is 85.2 cm³/mol. The Bertz CT molecular complexity index is 706. The third-order valence-corrected chi connectivity index (χ3v) is 3.82. The molecule has 0 spiro atoms. The van der Waals surface area contributed by atoms with Crippen molar-refractivity contribution in [2.24, 2.45) is 0 Å². The second-order valence-corrected chi connectivity index (χ2v) is 5.39. The average Bonchev–Trinajstić information content (AvgIpc) is 3.08. The number of carbonyl (C=O) groups is 1. The summed E-state index contributed by atoms with van der Waals surface area (Å²) < 4.78 is 0. The maximum atomic E-state index is 12.1. The fourth-order valence-corrected chi connectivity index (χ4v) is 2.64. The van der Waals surface area contributed by atoms with Gasteiger partial charge < -0.3 is 5.32 Å². The second-order valence-electron chi connectivity index (χ2n) is 4.61. The van der Waals surface area contributed by atoms with E-state index >= 15 is 0 Å². The van der Waals surface area contributed by atoms with Gasteiger partial charge in [0.05, 0.1) is 11.3 Å². The van der Waals surface area contributed by atoms with Gasteiger partial charge in [-0.15, -0.1) is 0 Å². The van der Waals surface area contributed by atoms with Crippen LogP contribution in [0.2, 0.25) is 0 Å². The van der Waals surface area contributed by atoms with Crippen LogP contribution in [0.1, 0.15) is 15.9 Å². The SMILES string of the molecule is O=C(NCc1ccccc1)c1ccc(-c2ccsc2)nc1. The van der Waals surface area contributed by atoms with E-state index in [-0.39, 0.29) is 5.91 Å². The summed E-state index contributed by atoms with van der Waals surface area (Å²) in [5, 5.41) is 6.94. The number of thiophene rings is 1. The number of hydrogen-bond donors (Lipinski definition) is 1. The number of pyridine rings is 1. The minimum absolute atomic E-state index is 0.108. The van der Waals surface area contributed by atoms with Crippen LogP contribution in [-0.4, -0.2) is 10.9 Å². The van der Waals surface area contributed by atoms with E-state index in [0.29, 0.717) is 12.1 Å². The molecule has 3 nitrogen and oxygen atoms in total. The van der Waals surface area contributed by atoms with E-state index in [9.17, 15) is 4.79 Å². The summed E-state index contributed by atoms with van der Waals surface area (Å²) in [4.78, 5) is 16.4. The Morgan fingerprint density at radius 1 is 1.10 bits per heavy atom. The summed E-state index contributed by atoms with van der Waals surface area (Å²) in [6.07, 6.45) is 1.62. The molecule has 1 aromatic carbocycles. The number of nitrogens with one attached hydrogen (secondary N) is 1. The minimum Gasteiger partial charge on any atom is -0.348 e. The monoisotopic (exact) mass is 294 g/mol. The molecule has 4 heteroatoms. The van der Waals surface area contributed by atoms with Crippen LogP contribution in [0.25, 0.3) is 11.3 Å². The lowest BCUT2D eigenvalue weighted by Crippen LogP contribution is -2.22. The van der Waals surface area contributed by atoms with Crippen molar-refractivity contribution in [3.05, 3.63) is 76.6 Å². The molecule has 0 aliphatic carbocycles. The number of rotatable bonds is 4. The van der Waals surface area contributed by atoms with Gasteiger partial charge in [0, 0.05) is 23.7 Å². The first-order valence-electron chi connectivity index (χ1n) is 6.64. The molecular formula is C17H14N2OS. The van der Waals surface area contributed by atoms with E-state index in [1.54, 1.807) is 23.6 Å². The smallest absolute Gasteiger partial charge is 0.253 e. The van der Waals surface area contributed by atoms with Crippen molar-refractivity contribution in [1.82, 2.24) is 10.3 Å². The number of hydrogen-bond acceptors (Lipinski definition) is 3. The first-order valence-corrected chi connectivity index (χ1v) is 7.58. The third kappa shape index (κ3) is 3.35. The molecule has 0 radical (unpaired) electrons. The normalized spacial score (nSPS) is 10.3. The molecular weight excluding hydrogens is 280 g/mol. The van der Waals surface area contributed by atoms with Crippen LogP contribution < -0.4 is 5.32 Å². The van der Waals surface area contributed by atoms with Gasteiger partial charge in [-0.25, -0.2) is 0 Å². The number of benzene rings is 1. The molecule has 21 heavy (non-hydrogen) atoms. The first kappa shape index (κ1) is 13.5. The Morgan fingerprint density at radius 2 is 1.95 bits per heavy atom. The zero-order chi connectivity index (χ0) is 14.5. The number of carbonyl (C=O) groups excluding carboxylic acids is 1. The third-order valence-electron chi connectivity index (χ3n) is 3.14. The molecule has 1 amide bonds. The second kappa shape index (κ2) is 6.33. The molecule has 104 valence electrons. The zero-order valence-electron chi connectivity index (χ0n) is 11.3. The van der Waals surface area contributed by atoms with Gasteiger partial charge in [0.1, 0.15) is 0 Å². The standard InChI is InChI=1S/C17H14N2OS/c20-17(19-10-13-4-2-1-3-5-13)14-6-7-16(18-11-14)15-8-9-21-12-15/h1-9,11-12H,10H2,(H,19,20). The molecule has 2 aromatic heterocycles. The molecule has 0 unspecified atom stereocenters. The quantitative estimate of drug-likeness (QED) is 0.796. The Hall–Kier alpha value is -2.46. The number of nitrogens with zero attached hydrogens (tertiary/aromatic N) is 1. The molecule has 3 aromatic rings. The maximum absolute atomic E-state index is 12.1. The van der Waals surface area contributed by atoms with Crippen LogP contribution in [-0.2, 0) is 6.54 Å². The first-order chi connectivity index (χ1) is 10.3. The predicted octanol–water partition coefficient (Wildman–Crippen LogP) is 3.74. The zero-order valence-corrected chi connectivity index (χ0v) is 12.1. The molecule has 1 N–H and O–H groups in total. The summed E-state index contributed by atoms with van der Waals surface area (Å²) in [6, 6.07) is 15.5. The van der Waals surface area contributed by atoms with Gasteiger partial charge in [-0.2, -0.15) is 11.3 Å². The van der Waals surface area contributed by atoms with Crippen molar-refractivity contribution < 1.29 is 4.79 Å². The fourth-order valence-electron chi connectivity index (χ4n) is 1.99. The number of amides is 1. The summed E-state index contributed by atoms with van der Waals surface area (Å²) in [6.45, 7) is 0.520. The van der Waals surface area contributed by atoms with Gasteiger partial charge in [0.2, 0.25) is 0 Å². The summed E-state index contributed by atoms with van der Waals surface area (Å²) in [5.41, 5.74) is 3.62. The van der Waals surface area contributed by atoms with E-state index in [1.807, 2.05) is 53.2 Å². The van der Waals surface area contributed by atoms with Crippen molar-refractivity contribution in [3.8, 4) is 11.3 Å². The van der Waals surface area contributed by atoms with Crippen LogP contribution >= 0.6 is 11.3 Å². The minimum atomic E-state index is -0.108. The Kier molecular flexibility index (Phi) is 4.07. The molecule has 3 rings (SSSR count). The van der Waals surface area contributed by atoms with Gasteiger partial charge in [0.25, 0.3) is 5.91 Å². The van der Waals surface area contributed by atoms with Gasteiger partial charge in [0.15, 0.2) is 0 Å². The van der Waals surface area contributed by atoms with Crippen molar-refractivity contribution >= 4 is 17.2 Å². The van der Waals surface area contributed by atoms with Crippen LogP contribution in [0.15, 0.2) is 65.5 Å². The van der Waals surface area contributed by atoms with Crippen molar-refractivity contribution in [3.63, 3.8) is 0 Å². The van der Waals surface area contributed by atoms with Crippen molar-refractivity contribution in [2.75, 3.05) is 0 Å². The van der Waals surface area contributed by atoms with Gasteiger partial charge in [-0.1, -0.05) is 30.3 Å². The fraction of sp³-hybridized carbons (Fsp3) is 0.0588. The summed E-state index contributed by atoms with van der Waals surface area (Å²) in [7, 11) is 0. The highest BCUT2D eigenvalue weighted by Gasteiger charge is 2.07. The van der Waals surface area contributed by atoms with E-state index < -0.39 is 0 Å². The van der Waals surface area contributed by atoms with Crippen LogP contribution in [0.5, 0.6) is 0 Å². The van der Waals surface area contributed by atoms with Gasteiger partial charge in [-0.05, 0) is 29.1 Å². The average molecular weight is 294 g/mol. The van der Waals surface area contributed by atoms with Crippen LogP contribution in [0.4, 0.5) is 0 Å². The van der Waals surface area contributed by atoms with Gasteiger partial charge in [-0.3, -0.25) is 9.78 Å². The Labute approximate surface area is 127 Å². The van der Waals surface area contributed by atoms with Crippen LogP contribution in [0, 0.1) is 0 Å². The molecule has 0 saturated heterocycles. The maximum Gasteiger partial charge on any atom is 0.253 e. The lowest BCUT2D eigenvalue weighted by molar-refractivity contribution is 0.0950. The van der Waals surface area contributed by atoms with Gasteiger partial charge >= 0.3 is 0 Å². The lowest BCUT2D eigenvalue weighted by atomic mass is 10.2. The van der Waals surface area contributed by atoms with Crippen LogP contribution in [0.3, 0.4) is 0 Å². The molecule has 0 saturated carbocycles. The highest BCUT2D eigenvalue weighted by Crippen LogP contribution is 2.19. The van der Waals surface area contributed by atoms with E-state index in [4.69, 9.17) is 0 Å². The molecule has 0 bridgehead atoms. The molecule has 0 atom stereocenters. The molecule has 0 aliphatic rings. The highest BCUT2D eigenvalue weighted by atomic mass is 32.1. The Morgan fingerprint density at radius 3 is 2.62 bits per heavy atom. The molecule has 0 aliphatic heterocycles. The van der Waals surface area contributed by atoms with E-state index in [0.717, 1.165) is 16.8 Å². The summed E-state index contributed by atoms with van der Waals surface area (Å²) in [5.74, 6) is -0.108. The van der Waals surface area contributed by atoms with Crippen molar-refractivity contribution in [1.29, 1.82) is 0 Å². The largest absolute Gasteiger partial charge is 0.348 e. The van der Waals surface area contributed by atoms with E-state index in [1.165, 1.54) is 0 Å². The Balaban J connectivity index is 1.65. The van der Waals surface area contributed by atoms with Crippen molar-refractivity contribution in [2.45, 2.75) is 6.54 Å². The lowest BCUT2D eigenvalue weighted by Gasteiger charge is -2.05. The molecule has 0 fully saturated rings.